The third-order valence-corrected chi connectivity index (χ3v) is 6.80. The minimum Gasteiger partial charge on any atom is -0.479 e. The molecule has 4 rings (SSSR count). The Morgan fingerprint density at radius 1 is 1.03 bits per heavy atom. The number of fused-ring (bicyclic) bond motifs is 3. The normalized spacial score (nSPS) is 16.2. The number of likely N-dealkylation sites (N-methyl/N-ethyl adjacent to an activating group) is 1. The van der Waals surface area contributed by atoms with E-state index in [9.17, 15) is 19.5 Å². The maximum Gasteiger partial charge on any atom is 0.407 e. The molecule has 168 valence electrons. The van der Waals surface area contributed by atoms with Gasteiger partial charge in [-0.05, 0) is 35.1 Å². The van der Waals surface area contributed by atoms with E-state index in [-0.39, 0.29) is 31.4 Å². The van der Waals surface area contributed by atoms with E-state index in [1.807, 2.05) is 24.3 Å². The number of rotatable bonds is 7. The monoisotopic (exact) mass is 436 g/mol. The quantitative estimate of drug-likeness (QED) is 0.689. The molecule has 0 saturated heterocycles. The lowest BCUT2D eigenvalue weighted by molar-refractivity contribution is -0.157. The first-order valence-electron chi connectivity index (χ1n) is 11.0. The average molecular weight is 437 g/mol. The molecule has 7 nitrogen and oxygen atoms in total. The molecule has 2 amide bonds. The molecule has 1 fully saturated rings. The number of aliphatic carboxylic acids is 1. The average Bonchev–Trinajstić information content (AvgIpc) is 3.41. The number of benzene rings is 2. The van der Waals surface area contributed by atoms with Crippen molar-refractivity contribution in [2.24, 2.45) is 0 Å². The molecule has 0 spiro atoms. The Labute approximate surface area is 187 Å². The highest BCUT2D eigenvalue weighted by atomic mass is 16.5. The number of carbonyl (C=O) groups excluding carboxylic acids is 2. The molecule has 1 saturated carbocycles. The van der Waals surface area contributed by atoms with Crippen molar-refractivity contribution in [3.8, 4) is 11.1 Å². The Hall–Kier alpha value is -3.35. The van der Waals surface area contributed by atoms with Gasteiger partial charge in [0, 0.05) is 25.9 Å². The van der Waals surface area contributed by atoms with Gasteiger partial charge in [0.15, 0.2) is 0 Å². The van der Waals surface area contributed by atoms with E-state index >= 15 is 0 Å². The number of nitrogens with one attached hydrogen (secondary N) is 1. The van der Waals surface area contributed by atoms with Crippen LogP contribution in [-0.4, -0.2) is 53.7 Å². The number of amides is 2. The third kappa shape index (κ3) is 3.95. The van der Waals surface area contributed by atoms with Crippen LogP contribution in [0.1, 0.15) is 49.1 Å². The Morgan fingerprint density at radius 3 is 2.16 bits per heavy atom. The van der Waals surface area contributed by atoms with Crippen molar-refractivity contribution >= 4 is 18.0 Å². The van der Waals surface area contributed by atoms with Gasteiger partial charge < -0.3 is 20.1 Å². The zero-order valence-electron chi connectivity index (χ0n) is 18.2. The van der Waals surface area contributed by atoms with Crippen molar-refractivity contribution in [3.63, 3.8) is 0 Å². The van der Waals surface area contributed by atoms with E-state index in [1.165, 1.54) is 11.9 Å². The molecule has 2 aliphatic carbocycles. The van der Waals surface area contributed by atoms with E-state index in [0.717, 1.165) is 35.1 Å². The summed E-state index contributed by atoms with van der Waals surface area (Å²) in [4.78, 5) is 37.9. The lowest BCUT2D eigenvalue weighted by atomic mass is 9.95. The lowest BCUT2D eigenvalue weighted by Gasteiger charge is -2.34. The molecule has 0 aromatic heterocycles. The Kier molecular flexibility index (Phi) is 6.17. The smallest absolute Gasteiger partial charge is 0.407 e. The number of carboxylic acid groups (broad SMARTS) is 1. The van der Waals surface area contributed by atoms with E-state index in [0.29, 0.717) is 12.8 Å². The first-order valence-corrected chi connectivity index (χ1v) is 11.0. The van der Waals surface area contributed by atoms with Gasteiger partial charge in [-0.3, -0.25) is 4.79 Å². The van der Waals surface area contributed by atoms with E-state index in [2.05, 4.69) is 29.6 Å². The van der Waals surface area contributed by atoms with Crippen LogP contribution < -0.4 is 5.32 Å². The van der Waals surface area contributed by atoms with Crippen molar-refractivity contribution in [2.75, 3.05) is 20.2 Å². The Balaban J connectivity index is 1.29. The molecule has 2 aromatic carbocycles. The summed E-state index contributed by atoms with van der Waals surface area (Å²) in [6, 6.07) is 16.2. The van der Waals surface area contributed by atoms with Crippen molar-refractivity contribution in [1.82, 2.24) is 10.2 Å². The summed E-state index contributed by atoms with van der Waals surface area (Å²) in [5, 5.41) is 12.2. The molecule has 2 aromatic rings. The topological polar surface area (TPSA) is 95.9 Å². The molecular weight excluding hydrogens is 408 g/mol. The van der Waals surface area contributed by atoms with Crippen molar-refractivity contribution in [1.29, 1.82) is 0 Å². The summed E-state index contributed by atoms with van der Waals surface area (Å²) >= 11 is 0. The van der Waals surface area contributed by atoms with Gasteiger partial charge in [-0.1, -0.05) is 61.4 Å². The molecule has 0 bridgehead atoms. The van der Waals surface area contributed by atoms with Gasteiger partial charge in [0.1, 0.15) is 12.1 Å². The third-order valence-electron chi connectivity index (χ3n) is 6.80. The summed E-state index contributed by atoms with van der Waals surface area (Å²) in [6.07, 6.45) is 1.95. The first-order chi connectivity index (χ1) is 15.4. The highest BCUT2D eigenvalue weighted by molar-refractivity contribution is 5.87. The SMILES string of the molecule is CN(C(=O)CCNC(=O)OCC1c2ccccc2-c2ccccc21)C1(C(=O)O)CCCC1. The van der Waals surface area contributed by atoms with E-state index in [4.69, 9.17) is 4.74 Å². The molecule has 0 aliphatic heterocycles. The molecule has 32 heavy (non-hydrogen) atoms. The molecule has 0 heterocycles. The molecular formula is C25H28N2O5. The number of ether oxygens (including phenoxy) is 1. The zero-order valence-corrected chi connectivity index (χ0v) is 18.2. The summed E-state index contributed by atoms with van der Waals surface area (Å²) in [5.74, 6) is -1.29. The number of nitrogens with zero attached hydrogens (tertiary/aromatic N) is 1. The number of hydrogen-bond donors (Lipinski definition) is 2. The van der Waals surface area contributed by atoms with Crippen molar-refractivity contribution in [2.45, 2.75) is 43.6 Å². The van der Waals surface area contributed by atoms with Crippen LogP contribution in [-0.2, 0) is 14.3 Å². The predicted molar refractivity (Wildman–Crippen MR) is 119 cm³/mol. The van der Waals surface area contributed by atoms with Gasteiger partial charge in [-0.15, -0.1) is 0 Å². The van der Waals surface area contributed by atoms with Crippen LogP contribution in [0.25, 0.3) is 11.1 Å². The summed E-state index contributed by atoms with van der Waals surface area (Å²) in [6.45, 7) is 0.297. The number of carboxylic acids is 1. The van der Waals surface area contributed by atoms with E-state index < -0.39 is 17.6 Å². The highest BCUT2D eigenvalue weighted by Crippen LogP contribution is 2.44. The predicted octanol–water partition coefficient (Wildman–Crippen LogP) is 3.77. The van der Waals surface area contributed by atoms with Crippen LogP contribution >= 0.6 is 0 Å². The molecule has 2 N–H and O–H groups in total. The minimum atomic E-state index is -1.12. The van der Waals surface area contributed by atoms with Crippen LogP contribution in [0.3, 0.4) is 0 Å². The van der Waals surface area contributed by atoms with Crippen LogP contribution in [0.15, 0.2) is 48.5 Å². The van der Waals surface area contributed by atoms with Gasteiger partial charge >= 0.3 is 12.1 Å². The second kappa shape index (κ2) is 9.02. The second-order valence-electron chi connectivity index (χ2n) is 8.50. The van der Waals surface area contributed by atoms with Gasteiger partial charge in [-0.25, -0.2) is 9.59 Å². The summed E-state index contributed by atoms with van der Waals surface area (Å²) in [5.41, 5.74) is 3.46. The van der Waals surface area contributed by atoms with Crippen molar-refractivity contribution in [3.05, 3.63) is 59.7 Å². The molecule has 7 heteroatoms. The molecule has 2 aliphatic rings. The lowest BCUT2D eigenvalue weighted by Crippen LogP contribution is -2.53. The van der Waals surface area contributed by atoms with Crippen LogP contribution in [0.2, 0.25) is 0 Å². The van der Waals surface area contributed by atoms with Gasteiger partial charge in [-0.2, -0.15) is 0 Å². The first kappa shape index (κ1) is 21.9. The standard InChI is InChI=1S/C25H28N2O5/c1-27(25(23(29)30)13-6-7-14-25)22(28)12-15-26-24(31)32-16-21-19-10-4-2-8-17(19)18-9-3-5-11-20(18)21/h2-5,8-11,21H,6-7,12-16H2,1H3,(H,26,31)(H,29,30). The fourth-order valence-corrected chi connectivity index (χ4v) is 4.98. The van der Waals surface area contributed by atoms with Gasteiger partial charge in [0.05, 0.1) is 0 Å². The van der Waals surface area contributed by atoms with Crippen LogP contribution in [0, 0.1) is 0 Å². The Bertz CT molecular complexity index is 983. The highest BCUT2D eigenvalue weighted by Gasteiger charge is 2.46. The van der Waals surface area contributed by atoms with Crippen LogP contribution in [0.5, 0.6) is 0 Å². The minimum absolute atomic E-state index is 0.0235. The summed E-state index contributed by atoms with van der Waals surface area (Å²) < 4.78 is 5.47. The maximum atomic E-state index is 12.5. The number of alkyl carbamates (subject to hydrolysis) is 1. The van der Waals surface area contributed by atoms with Gasteiger partial charge in [0.2, 0.25) is 5.91 Å². The largest absolute Gasteiger partial charge is 0.479 e. The Morgan fingerprint density at radius 2 is 1.59 bits per heavy atom. The number of carbonyl (C=O) groups is 3. The fourth-order valence-electron chi connectivity index (χ4n) is 4.98. The second-order valence-corrected chi connectivity index (χ2v) is 8.50. The van der Waals surface area contributed by atoms with Gasteiger partial charge in [0.25, 0.3) is 0 Å². The van der Waals surface area contributed by atoms with Crippen molar-refractivity contribution < 1.29 is 24.2 Å². The zero-order chi connectivity index (χ0) is 22.7. The van der Waals surface area contributed by atoms with E-state index in [1.54, 1.807) is 0 Å². The molecule has 0 radical (unpaired) electrons. The molecule has 0 unspecified atom stereocenters. The molecule has 0 atom stereocenters. The van der Waals surface area contributed by atoms with Crippen LogP contribution in [0.4, 0.5) is 4.79 Å². The fraction of sp³-hybridized carbons (Fsp3) is 0.400. The summed E-state index contributed by atoms with van der Waals surface area (Å²) in [7, 11) is 1.54. The maximum absolute atomic E-state index is 12.5. The number of hydrogen-bond acceptors (Lipinski definition) is 4.